The molecule has 3 nitrogen and oxygen atoms in total. The number of rotatable bonds is 6. The first kappa shape index (κ1) is 15.7. The van der Waals surface area contributed by atoms with Crippen LogP contribution in [0.15, 0.2) is 0 Å². The van der Waals surface area contributed by atoms with E-state index in [0.29, 0.717) is 12.5 Å². The van der Waals surface area contributed by atoms with Gasteiger partial charge in [-0.3, -0.25) is 4.79 Å². The Hall–Kier alpha value is -0.710. The van der Waals surface area contributed by atoms with E-state index < -0.39 is 6.43 Å². The van der Waals surface area contributed by atoms with Crippen LogP contribution < -0.4 is 5.32 Å². The third-order valence-corrected chi connectivity index (χ3v) is 4.27. The Kier molecular flexibility index (Phi) is 5.35. The minimum absolute atomic E-state index is 0.0178. The number of hydrogen-bond acceptors (Lipinski definition) is 2. The summed E-state index contributed by atoms with van der Waals surface area (Å²) in [5.41, 5.74) is 0. The van der Waals surface area contributed by atoms with Crippen LogP contribution in [0.2, 0.25) is 0 Å². The molecular formula is C15H26F2N2O. The predicted molar refractivity (Wildman–Crippen MR) is 74.7 cm³/mol. The molecule has 116 valence electrons. The standard InChI is InChI=1S/C15H26F2N2O/c1-10(2)15(20)19-8-12(5-11-3-4-11)6-13(9-19)18-7-14(16)17/h10-14,18H,3-9H2,1-2H3. The van der Waals surface area contributed by atoms with E-state index in [-0.39, 0.29) is 24.4 Å². The highest BCUT2D eigenvalue weighted by Gasteiger charge is 2.34. The molecule has 0 radical (unpaired) electrons. The number of amides is 1. The van der Waals surface area contributed by atoms with Crippen molar-refractivity contribution in [1.82, 2.24) is 10.2 Å². The fourth-order valence-corrected chi connectivity index (χ4v) is 3.15. The molecule has 0 bridgehead atoms. The molecule has 1 aliphatic heterocycles. The van der Waals surface area contributed by atoms with Crippen molar-refractivity contribution in [2.24, 2.45) is 17.8 Å². The van der Waals surface area contributed by atoms with Crippen molar-refractivity contribution in [2.75, 3.05) is 19.6 Å². The molecule has 1 heterocycles. The molecule has 5 heteroatoms. The third-order valence-electron chi connectivity index (χ3n) is 4.27. The Morgan fingerprint density at radius 3 is 2.50 bits per heavy atom. The van der Waals surface area contributed by atoms with Crippen LogP contribution in [0.3, 0.4) is 0 Å². The molecule has 1 aliphatic carbocycles. The molecule has 2 unspecified atom stereocenters. The number of piperidine rings is 1. The average Bonchev–Trinajstić information content (AvgIpc) is 3.19. The van der Waals surface area contributed by atoms with Gasteiger partial charge < -0.3 is 10.2 Å². The van der Waals surface area contributed by atoms with Crippen LogP contribution in [-0.2, 0) is 4.79 Å². The highest BCUT2D eigenvalue weighted by Crippen LogP contribution is 2.38. The van der Waals surface area contributed by atoms with Gasteiger partial charge in [-0.2, -0.15) is 0 Å². The SMILES string of the molecule is CC(C)C(=O)N1CC(CC2CC2)CC(NCC(F)F)C1. The second-order valence-corrected chi connectivity index (χ2v) is 6.67. The summed E-state index contributed by atoms with van der Waals surface area (Å²) in [6, 6.07) is 0.0178. The first-order chi connectivity index (χ1) is 9.45. The minimum Gasteiger partial charge on any atom is -0.341 e. The van der Waals surface area contributed by atoms with E-state index >= 15 is 0 Å². The fourth-order valence-electron chi connectivity index (χ4n) is 3.15. The Morgan fingerprint density at radius 2 is 1.95 bits per heavy atom. The van der Waals surface area contributed by atoms with Gasteiger partial charge in [-0.25, -0.2) is 8.78 Å². The van der Waals surface area contributed by atoms with Crippen LogP contribution in [0.1, 0.15) is 39.5 Å². The number of nitrogens with zero attached hydrogens (tertiary/aromatic N) is 1. The number of likely N-dealkylation sites (tertiary alicyclic amines) is 1. The molecule has 1 saturated carbocycles. The molecule has 0 aromatic rings. The summed E-state index contributed by atoms with van der Waals surface area (Å²) in [5.74, 6) is 1.40. The van der Waals surface area contributed by atoms with E-state index in [9.17, 15) is 13.6 Å². The zero-order valence-electron chi connectivity index (χ0n) is 12.4. The van der Waals surface area contributed by atoms with Crippen molar-refractivity contribution in [2.45, 2.75) is 52.0 Å². The first-order valence-electron chi connectivity index (χ1n) is 7.76. The predicted octanol–water partition coefficient (Wildman–Crippen LogP) is 2.51. The molecule has 2 atom stereocenters. The van der Waals surface area contributed by atoms with Gasteiger partial charge in [-0.15, -0.1) is 0 Å². The molecule has 1 saturated heterocycles. The number of nitrogens with one attached hydrogen (secondary N) is 1. The highest BCUT2D eigenvalue weighted by molar-refractivity contribution is 5.78. The van der Waals surface area contributed by atoms with Crippen LogP contribution in [0.5, 0.6) is 0 Å². The van der Waals surface area contributed by atoms with E-state index in [2.05, 4.69) is 5.32 Å². The van der Waals surface area contributed by atoms with E-state index in [0.717, 1.165) is 25.3 Å². The van der Waals surface area contributed by atoms with E-state index in [4.69, 9.17) is 0 Å². The second-order valence-electron chi connectivity index (χ2n) is 6.67. The maximum absolute atomic E-state index is 12.3. The van der Waals surface area contributed by atoms with Crippen molar-refractivity contribution in [3.8, 4) is 0 Å². The Balaban J connectivity index is 1.91. The maximum Gasteiger partial charge on any atom is 0.250 e. The summed E-state index contributed by atoms with van der Waals surface area (Å²) in [4.78, 5) is 14.1. The van der Waals surface area contributed by atoms with Gasteiger partial charge in [0.05, 0.1) is 6.54 Å². The number of carbonyl (C=O) groups is 1. The third kappa shape index (κ3) is 4.69. The molecule has 1 amide bonds. The average molecular weight is 288 g/mol. The van der Waals surface area contributed by atoms with E-state index in [1.165, 1.54) is 12.8 Å². The summed E-state index contributed by atoms with van der Waals surface area (Å²) < 4.78 is 24.7. The van der Waals surface area contributed by atoms with Crippen molar-refractivity contribution in [3.05, 3.63) is 0 Å². The van der Waals surface area contributed by atoms with Gasteiger partial charge in [0, 0.05) is 25.0 Å². The monoisotopic (exact) mass is 288 g/mol. The Labute approximate surface area is 120 Å². The summed E-state index contributed by atoms with van der Waals surface area (Å²) in [6.45, 7) is 4.90. The number of hydrogen-bond donors (Lipinski definition) is 1. The first-order valence-corrected chi connectivity index (χ1v) is 7.76. The fraction of sp³-hybridized carbons (Fsp3) is 0.933. The van der Waals surface area contributed by atoms with Gasteiger partial charge in [0.25, 0.3) is 6.43 Å². The van der Waals surface area contributed by atoms with Gasteiger partial charge in [0.15, 0.2) is 0 Å². The zero-order valence-corrected chi connectivity index (χ0v) is 12.4. The highest BCUT2D eigenvalue weighted by atomic mass is 19.3. The van der Waals surface area contributed by atoms with E-state index in [1.807, 2.05) is 18.7 Å². The lowest BCUT2D eigenvalue weighted by Gasteiger charge is -2.39. The molecule has 0 aromatic carbocycles. The van der Waals surface area contributed by atoms with Gasteiger partial charge in [-0.05, 0) is 24.7 Å². The lowest BCUT2D eigenvalue weighted by molar-refractivity contribution is -0.137. The maximum atomic E-state index is 12.3. The van der Waals surface area contributed by atoms with Crippen LogP contribution in [0.4, 0.5) is 8.78 Å². The Morgan fingerprint density at radius 1 is 1.25 bits per heavy atom. The van der Waals surface area contributed by atoms with Gasteiger partial charge in [-0.1, -0.05) is 26.7 Å². The van der Waals surface area contributed by atoms with Crippen LogP contribution in [0, 0.1) is 17.8 Å². The smallest absolute Gasteiger partial charge is 0.250 e. The summed E-state index contributed by atoms with van der Waals surface area (Å²) in [5, 5.41) is 2.92. The van der Waals surface area contributed by atoms with Crippen molar-refractivity contribution < 1.29 is 13.6 Å². The molecule has 1 N–H and O–H groups in total. The molecule has 2 rings (SSSR count). The van der Waals surface area contributed by atoms with Crippen molar-refractivity contribution in [3.63, 3.8) is 0 Å². The van der Waals surface area contributed by atoms with Crippen LogP contribution in [-0.4, -0.2) is 42.9 Å². The quantitative estimate of drug-likeness (QED) is 0.814. The normalized spacial score (nSPS) is 27.4. The summed E-state index contributed by atoms with van der Waals surface area (Å²) >= 11 is 0. The lowest BCUT2D eigenvalue weighted by atomic mass is 9.89. The molecule has 2 fully saturated rings. The van der Waals surface area contributed by atoms with E-state index in [1.54, 1.807) is 0 Å². The molecule has 0 spiro atoms. The number of alkyl halides is 2. The number of carbonyl (C=O) groups excluding carboxylic acids is 1. The van der Waals surface area contributed by atoms with Gasteiger partial charge >= 0.3 is 0 Å². The second kappa shape index (κ2) is 6.83. The zero-order chi connectivity index (χ0) is 14.7. The van der Waals surface area contributed by atoms with Crippen LogP contribution in [0.25, 0.3) is 0 Å². The van der Waals surface area contributed by atoms with Crippen molar-refractivity contribution >= 4 is 5.91 Å². The van der Waals surface area contributed by atoms with Gasteiger partial charge in [0.1, 0.15) is 0 Å². The molecule has 0 aromatic heterocycles. The molecule has 20 heavy (non-hydrogen) atoms. The largest absolute Gasteiger partial charge is 0.341 e. The lowest BCUT2D eigenvalue weighted by Crippen LogP contribution is -2.53. The Bertz CT molecular complexity index is 332. The van der Waals surface area contributed by atoms with Gasteiger partial charge in [0.2, 0.25) is 5.91 Å². The molecular weight excluding hydrogens is 262 g/mol. The van der Waals surface area contributed by atoms with Crippen molar-refractivity contribution in [1.29, 1.82) is 0 Å². The molecule has 2 aliphatic rings. The summed E-state index contributed by atoms with van der Waals surface area (Å²) in [7, 11) is 0. The minimum atomic E-state index is -2.33. The topological polar surface area (TPSA) is 32.3 Å². The summed E-state index contributed by atoms with van der Waals surface area (Å²) in [6.07, 6.45) is 2.33. The van der Waals surface area contributed by atoms with Crippen LogP contribution >= 0.6 is 0 Å². The number of halogens is 2.